The Morgan fingerprint density at radius 2 is 1.10 bits per heavy atom. The molecule has 48 heavy (non-hydrogen) atoms. The van der Waals surface area contributed by atoms with Crippen LogP contribution in [0, 0.1) is 0 Å². The van der Waals surface area contributed by atoms with Gasteiger partial charge in [0.05, 0.1) is 41.8 Å². The third kappa shape index (κ3) is 12.7. The SMILES string of the molecule is C.COc1c(C(=O)Cl)cccc1C(=O)Cl.COc1c(C(=O)N2CCSC2=S)cccc1C(=O)N1CCSC1=S.ClCCl.S=C1NCCS1. The van der Waals surface area contributed by atoms with Crippen molar-refractivity contribution < 1.29 is 28.7 Å². The molecule has 0 aliphatic carbocycles. The first-order chi connectivity index (χ1) is 22.4. The number of nitrogens with zero attached hydrogens (tertiary/aromatic N) is 2. The fraction of sp³-hybridized carbons (Fsp3) is 0.345. The molecule has 0 spiro atoms. The summed E-state index contributed by atoms with van der Waals surface area (Å²) < 4.78 is 12.4. The maximum atomic E-state index is 12.8. The van der Waals surface area contributed by atoms with Gasteiger partial charge in [-0.1, -0.05) is 91.5 Å². The Labute approximate surface area is 328 Å². The van der Waals surface area contributed by atoms with Gasteiger partial charge in [0, 0.05) is 36.9 Å². The number of thioether (sulfide) groups is 3. The Balaban J connectivity index is 0.000000404. The van der Waals surface area contributed by atoms with Gasteiger partial charge in [0.1, 0.15) is 24.5 Å². The Bertz CT molecular complexity index is 1420. The molecule has 0 bridgehead atoms. The Hall–Kier alpha value is -1.40. The maximum absolute atomic E-state index is 12.8. The van der Waals surface area contributed by atoms with Crippen LogP contribution in [0.5, 0.6) is 11.5 Å². The maximum Gasteiger partial charge on any atom is 0.263 e. The van der Waals surface area contributed by atoms with Crippen molar-refractivity contribution in [3.05, 3.63) is 58.7 Å². The number of carbonyl (C=O) groups is 4. The molecule has 3 aliphatic rings. The molecule has 3 saturated heterocycles. The number of thiocarbonyl (C=S) groups is 3. The van der Waals surface area contributed by atoms with E-state index in [1.165, 1.54) is 55.9 Å². The molecule has 2 aromatic carbocycles. The van der Waals surface area contributed by atoms with Crippen molar-refractivity contribution in [3.8, 4) is 11.5 Å². The van der Waals surface area contributed by atoms with Crippen molar-refractivity contribution in [3.63, 3.8) is 0 Å². The highest BCUT2D eigenvalue weighted by molar-refractivity contribution is 8.24. The summed E-state index contributed by atoms with van der Waals surface area (Å²) in [5.41, 5.74) is 0.929. The molecule has 0 saturated carbocycles. The number of alkyl halides is 2. The normalized spacial score (nSPS) is 14.6. The quantitative estimate of drug-likeness (QED) is 0.174. The molecule has 3 heterocycles. The van der Waals surface area contributed by atoms with E-state index in [9.17, 15) is 19.2 Å². The summed E-state index contributed by atoms with van der Waals surface area (Å²) in [6.07, 6.45) is 0. The van der Waals surface area contributed by atoms with Crippen molar-refractivity contribution in [1.29, 1.82) is 0 Å². The first kappa shape index (κ1) is 44.6. The number of hydrogen-bond acceptors (Lipinski definition) is 12. The predicted octanol–water partition coefficient (Wildman–Crippen LogP) is 7.76. The number of benzene rings is 2. The molecule has 0 aromatic heterocycles. The number of methoxy groups -OCH3 is 2. The standard InChI is InChI=1S/C15H14N2O3S4.C9H6Cl2O3.C3H5NS2.CH2Cl2.CH4/c1-20-11-9(12(18)16-5-7-23-14(16)21)3-2-4-10(11)13(19)17-6-8-24-15(17)22;1-14-7-5(8(10)12)3-2-4-6(7)9(11)13;5-3-4-1-2-6-3;2-1-3;/h2-4H,5-8H2,1H3;2-4H,1H3;1-2H2,(H,4,5);1H2;1H4. The van der Waals surface area contributed by atoms with E-state index in [2.05, 4.69) is 5.32 Å². The number of amides is 2. The lowest BCUT2D eigenvalue weighted by Crippen LogP contribution is -2.33. The highest BCUT2D eigenvalue weighted by Gasteiger charge is 2.32. The Morgan fingerprint density at radius 1 is 0.729 bits per heavy atom. The number of ether oxygens (including phenoxy) is 2. The van der Waals surface area contributed by atoms with Crippen LogP contribution in [0.3, 0.4) is 0 Å². The van der Waals surface area contributed by atoms with Gasteiger partial charge >= 0.3 is 0 Å². The molecule has 1 N–H and O–H groups in total. The van der Waals surface area contributed by atoms with Gasteiger partial charge in [0.2, 0.25) is 0 Å². The fourth-order valence-corrected chi connectivity index (χ4v) is 7.60. The van der Waals surface area contributed by atoms with Gasteiger partial charge in [-0.25, -0.2) is 0 Å². The number of para-hydroxylation sites is 2. The molecule has 0 atom stereocenters. The van der Waals surface area contributed by atoms with Gasteiger partial charge < -0.3 is 14.8 Å². The van der Waals surface area contributed by atoms with E-state index in [1.54, 1.807) is 39.8 Å². The van der Waals surface area contributed by atoms with Crippen LogP contribution in [0.4, 0.5) is 0 Å². The zero-order chi connectivity index (χ0) is 35.1. The Morgan fingerprint density at radius 3 is 1.35 bits per heavy atom. The summed E-state index contributed by atoms with van der Waals surface area (Å²) >= 11 is 40.0. The lowest BCUT2D eigenvalue weighted by molar-refractivity contribution is 0.0853. The van der Waals surface area contributed by atoms with Gasteiger partial charge in [-0.3, -0.25) is 29.0 Å². The van der Waals surface area contributed by atoms with Crippen LogP contribution in [0.2, 0.25) is 0 Å². The zero-order valence-electron chi connectivity index (χ0n) is 24.7. The lowest BCUT2D eigenvalue weighted by atomic mass is 10.1. The highest BCUT2D eigenvalue weighted by atomic mass is 35.5. The van der Waals surface area contributed by atoms with Gasteiger partial charge in [0.15, 0.2) is 0 Å². The summed E-state index contributed by atoms with van der Waals surface area (Å²) in [7, 11) is 2.79. The van der Waals surface area contributed by atoms with Gasteiger partial charge in [-0.05, 0) is 47.5 Å². The van der Waals surface area contributed by atoms with Gasteiger partial charge in [-0.2, -0.15) is 0 Å². The van der Waals surface area contributed by atoms with Crippen molar-refractivity contribution >= 4 is 154 Å². The first-order valence-electron chi connectivity index (χ1n) is 13.2. The fourth-order valence-electron chi connectivity index (χ4n) is 3.95. The molecule has 262 valence electrons. The van der Waals surface area contributed by atoms with Crippen LogP contribution in [0.1, 0.15) is 48.9 Å². The number of rotatable bonds is 6. The highest BCUT2D eigenvalue weighted by Crippen LogP contribution is 2.31. The molecule has 9 nitrogen and oxygen atoms in total. The van der Waals surface area contributed by atoms with Crippen LogP contribution in [-0.2, 0) is 0 Å². The smallest absolute Gasteiger partial charge is 0.263 e. The first-order valence-corrected chi connectivity index (χ1v) is 19.2. The monoisotopic (exact) mass is 849 g/mol. The lowest BCUT2D eigenvalue weighted by Gasteiger charge is -2.20. The Kier molecular flexibility index (Phi) is 21.5. The van der Waals surface area contributed by atoms with Gasteiger partial charge in [0.25, 0.3) is 22.3 Å². The summed E-state index contributed by atoms with van der Waals surface area (Å²) in [5.74, 6) is 2.61. The molecule has 2 amide bonds. The minimum absolute atomic E-state index is 0. The largest absolute Gasteiger partial charge is 0.495 e. The van der Waals surface area contributed by atoms with E-state index in [4.69, 9.17) is 92.5 Å². The van der Waals surface area contributed by atoms with E-state index in [0.29, 0.717) is 32.9 Å². The second kappa shape index (κ2) is 23.1. The van der Waals surface area contributed by atoms with Crippen molar-refractivity contribution in [2.24, 2.45) is 0 Å². The minimum Gasteiger partial charge on any atom is -0.495 e. The molecule has 5 rings (SSSR count). The molecule has 3 aliphatic heterocycles. The predicted molar refractivity (Wildman–Crippen MR) is 215 cm³/mol. The van der Waals surface area contributed by atoms with Crippen LogP contribution in [-0.4, -0.2) is 102 Å². The van der Waals surface area contributed by atoms with E-state index in [-0.39, 0.29) is 47.2 Å². The number of nitrogens with one attached hydrogen (secondary N) is 1. The second-order valence-electron chi connectivity index (χ2n) is 8.63. The molecule has 2 aromatic rings. The van der Waals surface area contributed by atoms with Crippen LogP contribution < -0.4 is 14.8 Å². The van der Waals surface area contributed by atoms with E-state index < -0.39 is 10.5 Å². The molecular weight excluding hydrogens is 821 g/mol. The molecular formula is C29H31Cl4N3O6S6. The van der Waals surface area contributed by atoms with Crippen LogP contribution in [0.25, 0.3) is 0 Å². The average Bonchev–Trinajstić information content (AvgIpc) is 3.83. The van der Waals surface area contributed by atoms with Crippen molar-refractivity contribution in [1.82, 2.24) is 15.1 Å². The average molecular weight is 852 g/mol. The molecule has 19 heteroatoms. The topological polar surface area (TPSA) is 105 Å². The summed E-state index contributed by atoms with van der Waals surface area (Å²) in [6, 6.07) is 9.41. The number of carbonyl (C=O) groups excluding carboxylic acids is 4. The second-order valence-corrected chi connectivity index (χ2v) is 15.4. The summed E-state index contributed by atoms with van der Waals surface area (Å²) in [6.45, 7) is 2.19. The van der Waals surface area contributed by atoms with Gasteiger partial charge in [-0.15, -0.1) is 23.2 Å². The molecule has 0 radical (unpaired) electrons. The van der Waals surface area contributed by atoms with Crippen LogP contribution >= 0.6 is 118 Å². The van der Waals surface area contributed by atoms with Crippen molar-refractivity contribution in [2.45, 2.75) is 7.43 Å². The molecule has 3 fully saturated rings. The zero-order valence-corrected chi connectivity index (χ0v) is 32.6. The van der Waals surface area contributed by atoms with E-state index >= 15 is 0 Å². The summed E-state index contributed by atoms with van der Waals surface area (Å²) in [5, 5.41) is 1.82. The number of halogens is 4. The van der Waals surface area contributed by atoms with Crippen molar-refractivity contribution in [2.75, 3.05) is 56.5 Å². The molecule has 0 unspecified atom stereocenters. The summed E-state index contributed by atoms with van der Waals surface area (Å²) in [4.78, 5) is 50.5. The van der Waals surface area contributed by atoms with Crippen LogP contribution in [0.15, 0.2) is 36.4 Å². The minimum atomic E-state index is -0.693. The van der Waals surface area contributed by atoms with E-state index in [0.717, 1.165) is 28.1 Å². The third-order valence-electron chi connectivity index (χ3n) is 5.94. The van der Waals surface area contributed by atoms with E-state index in [1.807, 2.05) is 0 Å². The third-order valence-corrected chi connectivity index (χ3v) is 10.5. The number of hydrogen-bond donors (Lipinski definition) is 1.